The number of rotatable bonds is 9. The van der Waals surface area contributed by atoms with Gasteiger partial charge in [-0.25, -0.2) is 4.98 Å². The lowest BCUT2D eigenvalue weighted by Gasteiger charge is -2.21. The van der Waals surface area contributed by atoms with Gasteiger partial charge in [0.05, 0.1) is 43.3 Å². The number of aromatic nitrogens is 1. The van der Waals surface area contributed by atoms with Crippen LogP contribution in [0.15, 0.2) is 53.3 Å². The standard InChI is InChI=1S/C33H36N4O6S/c1-17(2)29(32(40)37-33-36-24-9-7-8-10-27(24)44-33)35-23-14-12-20-21(16-25(23)39)22(34-18(3)38)13-11-19-15-26(41-4)30(42-5)31(43-6)28(19)20/h7-10,12,14-17,22,29H,11,13H2,1-6H3,(H,34,38)(H,35,39)(H,36,37,40)/t22-,29-/m1/s1. The zero-order valence-electron chi connectivity index (χ0n) is 25.6. The van der Waals surface area contributed by atoms with Crippen LogP contribution in [0.2, 0.25) is 0 Å². The molecule has 0 fully saturated rings. The number of para-hydroxylation sites is 1. The van der Waals surface area contributed by atoms with E-state index in [0.29, 0.717) is 46.3 Å². The van der Waals surface area contributed by atoms with E-state index in [1.165, 1.54) is 24.3 Å². The summed E-state index contributed by atoms with van der Waals surface area (Å²) in [7, 11) is 4.66. The second kappa shape index (κ2) is 12.9. The number of hydrogen-bond acceptors (Lipinski definition) is 9. The number of amides is 2. The number of anilines is 2. The van der Waals surface area contributed by atoms with E-state index in [0.717, 1.165) is 21.3 Å². The van der Waals surface area contributed by atoms with E-state index in [-0.39, 0.29) is 28.8 Å². The Morgan fingerprint density at radius 1 is 1.00 bits per heavy atom. The minimum atomic E-state index is -0.728. The van der Waals surface area contributed by atoms with Crippen molar-refractivity contribution in [1.82, 2.24) is 10.3 Å². The molecular formula is C33H36N4O6S. The molecule has 3 aromatic carbocycles. The van der Waals surface area contributed by atoms with E-state index in [4.69, 9.17) is 14.2 Å². The number of ether oxygens (including phenoxy) is 3. The summed E-state index contributed by atoms with van der Waals surface area (Å²) >= 11 is 1.39. The molecule has 0 aliphatic heterocycles. The summed E-state index contributed by atoms with van der Waals surface area (Å²) in [6.45, 7) is 5.27. The Hall–Kier alpha value is -4.64. The highest BCUT2D eigenvalue weighted by Gasteiger charge is 2.30. The summed E-state index contributed by atoms with van der Waals surface area (Å²) in [4.78, 5) is 44.0. The third-order valence-corrected chi connectivity index (χ3v) is 8.65. The smallest absolute Gasteiger partial charge is 0.248 e. The van der Waals surface area contributed by atoms with Gasteiger partial charge in [-0.1, -0.05) is 43.4 Å². The highest BCUT2D eigenvalue weighted by atomic mass is 32.1. The fourth-order valence-corrected chi connectivity index (χ4v) is 6.51. The molecule has 1 aliphatic rings. The van der Waals surface area contributed by atoms with Gasteiger partial charge in [0, 0.05) is 12.5 Å². The summed E-state index contributed by atoms with van der Waals surface area (Å²) in [5, 5.41) is 9.62. The maximum absolute atomic E-state index is 13.8. The third kappa shape index (κ3) is 6.05. The van der Waals surface area contributed by atoms with Crippen molar-refractivity contribution < 1.29 is 23.8 Å². The molecule has 4 aromatic rings. The molecule has 11 heteroatoms. The van der Waals surface area contributed by atoms with E-state index < -0.39 is 12.1 Å². The monoisotopic (exact) mass is 616 g/mol. The number of fused-ring (bicyclic) bond motifs is 4. The second-order valence-electron chi connectivity index (χ2n) is 10.9. The average Bonchev–Trinajstić information content (AvgIpc) is 3.26. The first-order chi connectivity index (χ1) is 21.1. The number of nitrogens with zero attached hydrogens (tertiary/aromatic N) is 1. The molecule has 1 heterocycles. The molecule has 230 valence electrons. The van der Waals surface area contributed by atoms with Crippen molar-refractivity contribution in [2.24, 2.45) is 5.92 Å². The second-order valence-corrected chi connectivity index (χ2v) is 12.0. The Kier molecular flexibility index (Phi) is 9.05. The molecule has 0 saturated heterocycles. The summed E-state index contributed by atoms with van der Waals surface area (Å²) in [5.74, 6) is 0.751. The van der Waals surface area contributed by atoms with E-state index >= 15 is 0 Å². The first-order valence-corrected chi connectivity index (χ1v) is 15.2. The predicted molar refractivity (Wildman–Crippen MR) is 173 cm³/mol. The van der Waals surface area contributed by atoms with Gasteiger partial charge >= 0.3 is 0 Å². The molecule has 0 spiro atoms. The van der Waals surface area contributed by atoms with Gasteiger partial charge in [0.15, 0.2) is 16.6 Å². The molecule has 1 aromatic heterocycles. The zero-order chi connectivity index (χ0) is 31.5. The van der Waals surface area contributed by atoms with Crippen LogP contribution < -0.4 is 35.6 Å². The van der Waals surface area contributed by atoms with Crippen molar-refractivity contribution in [2.75, 3.05) is 32.0 Å². The largest absolute Gasteiger partial charge is 0.493 e. The van der Waals surface area contributed by atoms with Crippen LogP contribution in [0.25, 0.3) is 21.3 Å². The average molecular weight is 617 g/mol. The summed E-state index contributed by atoms with van der Waals surface area (Å²) in [6, 6.07) is 13.4. The first kappa shape index (κ1) is 30.8. The molecule has 2 atom stereocenters. The lowest BCUT2D eigenvalue weighted by atomic mass is 9.95. The van der Waals surface area contributed by atoms with Gasteiger partial charge in [0.25, 0.3) is 0 Å². The third-order valence-electron chi connectivity index (χ3n) is 7.70. The van der Waals surface area contributed by atoms with Crippen LogP contribution in [-0.4, -0.2) is 44.2 Å². The number of carbonyl (C=O) groups excluding carboxylic acids is 2. The normalized spacial score (nSPS) is 14.6. The molecule has 1 aliphatic carbocycles. The Balaban J connectivity index is 1.59. The summed E-state index contributed by atoms with van der Waals surface area (Å²) in [5.41, 5.74) is 3.77. The van der Waals surface area contributed by atoms with Gasteiger partial charge in [-0.15, -0.1) is 0 Å². The van der Waals surface area contributed by atoms with E-state index in [1.807, 2.05) is 50.2 Å². The van der Waals surface area contributed by atoms with Gasteiger partial charge in [0.2, 0.25) is 23.0 Å². The number of nitrogens with one attached hydrogen (secondary N) is 3. The fourth-order valence-electron chi connectivity index (χ4n) is 5.64. The molecule has 10 nitrogen and oxygen atoms in total. The quantitative estimate of drug-likeness (QED) is 0.224. The molecule has 44 heavy (non-hydrogen) atoms. The maximum Gasteiger partial charge on any atom is 0.248 e. The predicted octanol–water partition coefficient (Wildman–Crippen LogP) is 5.55. The zero-order valence-corrected chi connectivity index (χ0v) is 26.4. The molecule has 5 rings (SSSR count). The molecule has 0 saturated carbocycles. The Labute approximate surface area is 259 Å². The first-order valence-electron chi connectivity index (χ1n) is 14.4. The van der Waals surface area contributed by atoms with Crippen LogP contribution in [0.3, 0.4) is 0 Å². The molecule has 2 amide bonds. The maximum atomic E-state index is 13.8. The van der Waals surface area contributed by atoms with Gasteiger partial charge in [-0.2, -0.15) is 0 Å². The summed E-state index contributed by atoms with van der Waals surface area (Å²) in [6.07, 6.45) is 1.14. The number of thiazole rings is 1. The van der Waals surface area contributed by atoms with Crippen LogP contribution in [0.1, 0.15) is 44.4 Å². The number of benzene rings is 2. The lowest BCUT2D eigenvalue weighted by Crippen LogP contribution is -2.39. The van der Waals surface area contributed by atoms with Crippen molar-refractivity contribution >= 4 is 44.2 Å². The fraction of sp³-hybridized carbons (Fsp3) is 0.333. The summed E-state index contributed by atoms with van der Waals surface area (Å²) < 4.78 is 18.1. The van der Waals surface area contributed by atoms with Crippen molar-refractivity contribution in [2.45, 2.75) is 45.7 Å². The van der Waals surface area contributed by atoms with Crippen molar-refractivity contribution in [1.29, 1.82) is 0 Å². The Bertz CT molecular complexity index is 1750. The topological polar surface area (TPSA) is 128 Å². The SMILES string of the molecule is COc1cc2c(c(OC)c1OC)-c1ccc(N[C@@H](C(=O)Nc3nc4ccccc4s3)C(C)C)c(=O)cc1[C@H](NC(C)=O)CC2. The lowest BCUT2D eigenvalue weighted by molar-refractivity contribution is -0.120. The number of carbonyl (C=O) groups is 2. The van der Waals surface area contributed by atoms with Crippen molar-refractivity contribution in [3.63, 3.8) is 0 Å². The van der Waals surface area contributed by atoms with Crippen LogP contribution in [0.4, 0.5) is 10.8 Å². The van der Waals surface area contributed by atoms with Crippen LogP contribution in [0.5, 0.6) is 17.2 Å². The molecule has 3 N–H and O–H groups in total. The molecule has 0 unspecified atom stereocenters. The van der Waals surface area contributed by atoms with E-state index in [9.17, 15) is 14.4 Å². The van der Waals surface area contributed by atoms with Gasteiger partial charge in [-0.05, 0) is 65.8 Å². The Morgan fingerprint density at radius 2 is 1.75 bits per heavy atom. The van der Waals surface area contributed by atoms with Crippen LogP contribution in [-0.2, 0) is 16.0 Å². The van der Waals surface area contributed by atoms with Gasteiger partial charge in [-0.3, -0.25) is 14.4 Å². The van der Waals surface area contributed by atoms with Crippen molar-refractivity contribution in [3.8, 4) is 28.4 Å². The Morgan fingerprint density at radius 3 is 2.41 bits per heavy atom. The van der Waals surface area contributed by atoms with Crippen LogP contribution >= 0.6 is 11.3 Å². The molecule has 0 bridgehead atoms. The minimum Gasteiger partial charge on any atom is -0.493 e. The van der Waals surface area contributed by atoms with Gasteiger partial charge < -0.3 is 30.2 Å². The van der Waals surface area contributed by atoms with Crippen LogP contribution in [0, 0.1) is 5.92 Å². The molecule has 0 radical (unpaired) electrons. The molecular weight excluding hydrogens is 580 g/mol. The number of aryl methyl sites for hydroxylation is 1. The highest BCUT2D eigenvalue weighted by Crippen LogP contribution is 2.50. The number of methoxy groups -OCH3 is 3. The minimum absolute atomic E-state index is 0.156. The highest BCUT2D eigenvalue weighted by molar-refractivity contribution is 7.22. The van der Waals surface area contributed by atoms with E-state index in [1.54, 1.807) is 27.4 Å². The van der Waals surface area contributed by atoms with Gasteiger partial charge in [0.1, 0.15) is 6.04 Å². The number of hydrogen-bond donors (Lipinski definition) is 3. The van der Waals surface area contributed by atoms with E-state index in [2.05, 4.69) is 20.9 Å². The van der Waals surface area contributed by atoms with Crippen molar-refractivity contribution in [3.05, 3.63) is 69.9 Å².